The summed E-state index contributed by atoms with van der Waals surface area (Å²) in [6.45, 7) is 0.0219. The Morgan fingerprint density at radius 2 is 1.21 bits per heavy atom. The van der Waals surface area contributed by atoms with Crippen molar-refractivity contribution in [2.24, 2.45) is 0 Å². The molecule has 3 nitrogen and oxygen atoms in total. The lowest BCUT2D eigenvalue weighted by Crippen LogP contribution is -2.62. The highest BCUT2D eigenvalue weighted by Gasteiger charge is 2.47. The van der Waals surface area contributed by atoms with Gasteiger partial charge in [-0.2, -0.15) is 0 Å². The van der Waals surface area contributed by atoms with E-state index in [9.17, 15) is 4.39 Å². The highest BCUT2D eigenvalue weighted by Crippen LogP contribution is 2.56. The second-order valence-electron chi connectivity index (χ2n) is 11.1. The number of nitrogens with zero attached hydrogens (tertiary/aromatic N) is 2. The lowest BCUT2D eigenvalue weighted by Gasteiger charge is -2.47. The van der Waals surface area contributed by atoms with Crippen LogP contribution in [-0.2, 0) is 0 Å². The van der Waals surface area contributed by atoms with Crippen LogP contribution in [-0.4, -0.2) is 6.71 Å². The molecule has 0 spiro atoms. The van der Waals surface area contributed by atoms with Gasteiger partial charge in [0.15, 0.2) is 11.5 Å². The Balaban J connectivity index is 1.37. The van der Waals surface area contributed by atoms with Crippen molar-refractivity contribution in [1.29, 1.82) is 0 Å². The van der Waals surface area contributed by atoms with Gasteiger partial charge in [-0.1, -0.05) is 72.4 Å². The molecule has 0 bridgehead atoms. The molecule has 0 fully saturated rings. The molecule has 6 heteroatoms. The van der Waals surface area contributed by atoms with Crippen LogP contribution in [0.4, 0.5) is 38.5 Å². The standard InChI is InChI=1S/C36H20BFN2OS/c38-23-9-5-8-21(18-23)22-19-28-34-29(20-22)40-27-13-2-4-16-32(27)42-33-17-7-11-25(36(33)40)37(34)24-10-6-15-31-35(24)39(28)26-12-1-3-14-30(26)41-31/h1-20H. The highest BCUT2D eigenvalue weighted by molar-refractivity contribution is 7.99. The number of fused-ring (bicyclic) bond motifs is 8. The van der Waals surface area contributed by atoms with Crippen LogP contribution in [0.5, 0.6) is 11.5 Å². The smallest absolute Gasteiger partial charge is 0.252 e. The Hall–Kier alpha value is -4.94. The molecule has 10 rings (SSSR count). The van der Waals surface area contributed by atoms with Gasteiger partial charge in [0, 0.05) is 21.2 Å². The maximum atomic E-state index is 14.6. The number of rotatable bonds is 1. The Morgan fingerprint density at radius 3 is 2.07 bits per heavy atom. The SMILES string of the molecule is Fc1cccc(-c2cc3c4c(c2)N2c5ccccc5Sc5cccc(c52)B4c2cccc4c2N3c2ccccc2O4)c1. The van der Waals surface area contributed by atoms with Crippen LogP contribution >= 0.6 is 11.8 Å². The van der Waals surface area contributed by atoms with Crippen molar-refractivity contribution < 1.29 is 9.13 Å². The number of anilines is 6. The second kappa shape index (κ2) is 8.08. The summed E-state index contributed by atoms with van der Waals surface area (Å²) in [6, 6.07) is 41.4. The van der Waals surface area contributed by atoms with Gasteiger partial charge < -0.3 is 14.5 Å². The lowest BCUT2D eigenvalue weighted by molar-refractivity contribution is 0.477. The summed E-state index contributed by atoms with van der Waals surface area (Å²) in [5.74, 6) is 1.43. The third-order valence-corrected chi connectivity index (χ3v) is 9.96. The van der Waals surface area contributed by atoms with Gasteiger partial charge in [0.05, 0.1) is 22.7 Å². The van der Waals surface area contributed by atoms with E-state index in [0.29, 0.717) is 0 Å². The molecule has 0 radical (unpaired) electrons. The summed E-state index contributed by atoms with van der Waals surface area (Å²) >= 11 is 1.83. The Kier molecular flexibility index (Phi) is 4.37. The molecule has 6 aromatic carbocycles. The maximum absolute atomic E-state index is 14.6. The summed E-state index contributed by atoms with van der Waals surface area (Å²) in [7, 11) is 0. The fraction of sp³-hybridized carbons (Fsp3) is 0. The average Bonchev–Trinajstić information content (AvgIpc) is 3.03. The lowest BCUT2D eigenvalue weighted by atomic mass is 9.33. The number of benzene rings is 6. The average molecular weight is 558 g/mol. The third-order valence-electron chi connectivity index (χ3n) is 8.85. The molecule has 0 saturated carbocycles. The Bertz CT molecular complexity index is 2040. The minimum atomic E-state index is -0.242. The summed E-state index contributed by atoms with van der Waals surface area (Å²) in [5.41, 5.74) is 12.3. The van der Waals surface area contributed by atoms with Gasteiger partial charge in [0.2, 0.25) is 0 Å². The normalized spacial score (nSPS) is 14.3. The first-order chi connectivity index (χ1) is 20.7. The van der Waals surface area contributed by atoms with E-state index in [0.717, 1.165) is 45.4 Å². The predicted octanol–water partition coefficient (Wildman–Crippen LogP) is 8.15. The molecule has 42 heavy (non-hydrogen) atoms. The van der Waals surface area contributed by atoms with E-state index in [1.165, 1.54) is 43.6 Å². The molecule has 0 atom stereocenters. The number of halogens is 1. The molecule has 4 heterocycles. The van der Waals surface area contributed by atoms with E-state index in [-0.39, 0.29) is 12.5 Å². The molecule has 4 aliphatic rings. The van der Waals surface area contributed by atoms with Gasteiger partial charge in [-0.05, 0) is 88.2 Å². The van der Waals surface area contributed by atoms with Crippen molar-refractivity contribution in [3.05, 3.63) is 127 Å². The number of hydrogen-bond donors (Lipinski definition) is 0. The zero-order chi connectivity index (χ0) is 27.5. The molecule has 0 N–H and O–H groups in total. The fourth-order valence-corrected chi connectivity index (χ4v) is 8.32. The topological polar surface area (TPSA) is 15.7 Å². The molecule has 0 unspecified atom stereocenters. The zero-order valence-electron chi connectivity index (χ0n) is 22.2. The van der Waals surface area contributed by atoms with Crippen LogP contribution in [0.25, 0.3) is 11.1 Å². The van der Waals surface area contributed by atoms with E-state index in [1.54, 1.807) is 12.1 Å². The molecule has 6 aromatic rings. The summed E-state index contributed by atoms with van der Waals surface area (Å²) < 4.78 is 21.1. The summed E-state index contributed by atoms with van der Waals surface area (Å²) in [6.07, 6.45) is 0. The van der Waals surface area contributed by atoms with Gasteiger partial charge in [-0.3, -0.25) is 0 Å². The number of para-hydroxylation sites is 5. The van der Waals surface area contributed by atoms with E-state index in [4.69, 9.17) is 4.74 Å². The highest BCUT2D eigenvalue weighted by atomic mass is 32.2. The zero-order valence-corrected chi connectivity index (χ0v) is 23.0. The number of hydrogen-bond acceptors (Lipinski definition) is 4. The van der Waals surface area contributed by atoms with E-state index in [2.05, 4.69) is 94.7 Å². The maximum Gasteiger partial charge on any atom is 0.252 e. The van der Waals surface area contributed by atoms with Crippen LogP contribution in [0.15, 0.2) is 131 Å². The Labute approximate surface area is 246 Å². The molecule has 0 saturated heterocycles. The van der Waals surface area contributed by atoms with Crippen LogP contribution in [0.3, 0.4) is 0 Å². The van der Waals surface area contributed by atoms with E-state index >= 15 is 0 Å². The van der Waals surface area contributed by atoms with Crippen molar-refractivity contribution in [2.75, 3.05) is 9.80 Å². The van der Waals surface area contributed by atoms with Gasteiger partial charge in [-0.25, -0.2) is 4.39 Å². The largest absolute Gasteiger partial charge is 0.453 e. The minimum absolute atomic E-state index is 0.0219. The molecular weight excluding hydrogens is 538 g/mol. The monoisotopic (exact) mass is 558 g/mol. The van der Waals surface area contributed by atoms with Crippen molar-refractivity contribution in [2.45, 2.75) is 9.79 Å². The van der Waals surface area contributed by atoms with Crippen LogP contribution in [0, 0.1) is 5.82 Å². The van der Waals surface area contributed by atoms with Gasteiger partial charge in [0.1, 0.15) is 5.82 Å². The quantitative estimate of drug-likeness (QED) is 0.189. The molecule has 196 valence electrons. The van der Waals surface area contributed by atoms with Crippen molar-refractivity contribution in [1.82, 2.24) is 0 Å². The predicted molar refractivity (Wildman–Crippen MR) is 170 cm³/mol. The van der Waals surface area contributed by atoms with Crippen molar-refractivity contribution >= 4 is 69.0 Å². The third kappa shape index (κ3) is 2.87. The molecule has 0 aromatic heterocycles. The van der Waals surface area contributed by atoms with Crippen LogP contribution in [0.1, 0.15) is 0 Å². The molecule has 4 aliphatic heterocycles. The first-order valence-electron chi connectivity index (χ1n) is 14.1. The van der Waals surface area contributed by atoms with Crippen LogP contribution < -0.4 is 30.9 Å². The van der Waals surface area contributed by atoms with Gasteiger partial charge in [0.25, 0.3) is 6.71 Å². The first-order valence-corrected chi connectivity index (χ1v) is 14.9. The van der Waals surface area contributed by atoms with E-state index in [1.807, 2.05) is 30.0 Å². The van der Waals surface area contributed by atoms with Crippen LogP contribution in [0.2, 0.25) is 0 Å². The van der Waals surface area contributed by atoms with Gasteiger partial charge in [-0.15, -0.1) is 0 Å². The van der Waals surface area contributed by atoms with Crippen molar-refractivity contribution in [3.63, 3.8) is 0 Å². The van der Waals surface area contributed by atoms with E-state index < -0.39 is 0 Å². The summed E-state index contributed by atoms with van der Waals surface area (Å²) in [5, 5.41) is 0. The first kappa shape index (κ1) is 22.7. The Morgan fingerprint density at radius 1 is 0.548 bits per heavy atom. The molecule has 0 amide bonds. The molecule has 0 aliphatic carbocycles. The fourth-order valence-electron chi connectivity index (χ4n) is 7.22. The number of ether oxygens (including phenoxy) is 1. The summed E-state index contributed by atoms with van der Waals surface area (Å²) in [4.78, 5) is 7.26. The van der Waals surface area contributed by atoms with Gasteiger partial charge >= 0.3 is 0 Å². The minimum Gasteiger partial charge on any atom is -0.453 e. The second-order valence-corrected chi connectivity index (χ2v) is 12.2. The molecular formula is C36H20BFN2OS. The van der Waals surface area contributed by atoms with Crippen molar-refractivity contribution in [3.8, 4) is 22.6 Å².